The standard InChI is InChI=1S/C12H27NO2S/c1-6-13-11(5)12(10(3)4)8-9-16(14,15)7-2/h10-13H,6-9H2,1-5H3. The topological polar surface area (TPSA) is 46.2 Å². The molecule has 0 fully saturated rings. The van der Waals surface area contributed by atoms with Crippen molar-refractivity contribution in [2.75, 3.05) is 18.1 Å². The highest BCUT2D eigenvalue weighted by molar-refractivity contribution is 7.91. The second kappa shape index (κ2) is 7.28. The van der Waals surface area contributed by atoms with Gasteiger partial charge in [0, 0.05) is 11.8 Å². The van der Waals surface area contributed by atoms with Crippen LogP contribution in [0.5, 0.6) is 0 Å². The van der Waals surface area contributed by atoms with Gasteiger partial charge in [-0.1, -0.05) is 27.7 Å². The summed E-state index contributed by atoms with van der Waals surface area (Å²) in [5, 5.41) is 3.39. The molecule has 0 saturated heterocycles. The predicted octanol–water partition coefficient (Wildman–Crippen LogP) is 2.08. The highest BCUT2D eigenvalue weighted by Crippen LogP contribution is 2.20. The molecule has 4 heteroatoms. The van der Waals surface area contributed by atoms with E-state index in [0.29, 0.717) is 23.6 Å². The lowest BCUT2D eigenvalue weighted by atomic mass is 9.87. The Bertz CT molecular complexity index is 273. The minimum atomic E-state index is -2.82. The van der Waals surface area contributed by atoms with Gasteiger partial charge in [-0.3, -0.25) is 0 Å². The summed E-state index contributed by atoms with van der Waals surface area (Å²) in [6, 6.07) is 0.386. The quantitative estimate of drug-likeness (QED) is 0.716. The molecule has 0 aliphatic heterocycles. The second-order valence-electron chi connectivity index (χ2n) is 4.78. The fourth-order valence-corrected chi connectivity index (χ4v) is 3.01. The molecule has 98 valence electrons. The van der Waals surface area contributed by atoms with Gasteiger partial charge in [-0.15, -0.1) is 0 Å². The Morgan fingerprint density at radius 3 is 2.06 bits per heavy atom. The van der Waals surface area contributed by atoms with Crippen LogP contribution in [0.15, 0.2) is 0 Å². The molecule has 3 nitrogen and oxygen atoms in total. The first kappa shape index (κ1) is 15.9. The molecule has 2 atom stereocenters. The van der Waals surface area contributed by atoms with E-state index in [4.69, 9.17) is 0 Å². The molecule has 0 spiro atoms. The smallest absolute Gasteiger partial charge is 0.150 e. The molecule has 0 aromatic rings. The van der Waals surface area contributed by atoms with Crippen LogP contribution in [0.3, 0.4) is 0 Å². The molecule has 0 amide bonds. The summed E-state index contributed by atoms with van der Waals surface area (Å²) in [5.41, 5.74) is 0. The van der Waals surface area contributed by atoms with E-state index in [2.05, 4.69) is 33.0 Å². The second-order valence-corrected chi connectivity index (χ2v) is 7.25. The third-order valence-electron chi connectivity index (χ3n) is 3.23. The summed E-state index contributed by atoms with van der Waals surface area (Å²) < 4.78 is 23.0. The first-order chi connectivity index (χ1) is 7.34. The average Bonchev–Trinajstić information content (AvgIpc) is 2.17. The van der Waals surface area contributed by atoms with Gasteiger partial charge in [-0.05, 0) is 31.7 Å². The molecule has 0 radical (unpaired) electrons. The van der Waals surface area contributed by atoms with Crippen molar-refractivity contribution in [3.63, 3.8) is 0 Å². The van der Waals surface area contributed by atoms with Crippen LogP contribution < -0.4 is 5.32 Å². The molecule has 1 N–H and O–H groups in total. The van der Waals surface area contributed by atoms with Crippen molar-refractivity contribution in [2.24, 2.45) is 11.8 Å². The van der Waals surface area contributed by atoms with Gasteiger partial charge in [-0.2, -0.15) is 0 Å². The maximum Gasteiger partial charge on any atom is 0.150 e. The molecule has 2 unspecified atom stereocenters. The summed E-state index contributed by atoms with van der Waals surface area (Å²) >= 11 is 0. The molecule has 0 saturated carbocycles. The van der Waals surface area contributed by atoms with Crippen LogP contribution in [0.1, 0.15) is 41.0 Å². The lowest BCUT2D eigenvalue weighted by Crippen LogP contribution is -2.37. The number of rotatable bonds is 8. The van der Waals surface area contributed by atoms with Gasteiger partial charge in [0.1, 0.15) is 9.84 Å². The first-order valence-corrected chi connectivity index (χ1v) is 8.10. The molecule has 0 aromatic heterocycles. The van der Waals surface area contributed by atoms with E-state index in [1.165, 1.54) is 0 Å². The molecular formula is C12H27NO2S. The Balaban J connectivity index is 4.35. The highest BCUT2D eigenvalue weighted by atomic mass is 32.2. The molecule has 16 heavy (non-hydrogen) atoms. The normalized spacial score (nSPS) is 16.4. The van der Waals surface area contributed by atoms with E-state index in [1.807, 2.05) is 0 Å². The van der Waals surface area contributed by atoms with Crippen molar-refractivity contribution in [3.8, 4) is 0 Å². The summed E-state index contributed by atoms with van der Waals surface area (Å²) in [7, 11) is -2.82. The lowest BCUT2D eigenvalue weighted by molar-refractivity contribution is 0.286. The monoisotopic (exact) mass is 249 g/mol. The fourth-order valence-electron chi connectivity index (χ4n) is 2.09. The largest absolute Gasteiger partial charge is 0.314 e. The van der Waals surface area contributed by atoms with Crippen LogP contribution in [0.2, 0.25) is 0 Å². The number of hydrogen-bond acceptors (Lipinski definition) is 3. The fraction of sp³-hybridized carbons (Fsp3) is 1.00. The SMILES string of the molecule is CCNC(C)C(CCS(=O)(=O)CC)C(C)C. The zero-order valence-corrected chi connectivity index (χ0v) is 12.1. The predicted molar refractivity (Wildman–Crippen MR) is 70.4 cm³/mol. The van der Waals surface area contributed by atoms with Crippen molar-refractivity contribution < 1.29 is 8.42 Å². The molecule has 0 aliphatic rings. The minimum absolute atomic E-state index is 0.257. The van der Waals surface area contributed by atoms with Crippen LogP contribution in [0.25, 0.3) is 0 Å². The van der Waals surface area contributed by atoms with Crippen LogP contribution in [0.4, 0.5) is 0 Å². The number of hydrogen-bond donors (Lipinski definition) is 1. The van der Waals surface area contributed by atoms with E-state index >= 15 is 0 Å². The zero-order chi connectivity index (χ0) is 12.8. The summed E-state index contributed by atoms with van der Waals surface area (Å²) in [6.07, 6.45) is 0.766. The molecule has 0 bridgehead atoms. The first-order valence-electron chi connectivity index (χ1n) is 6.27. The summed E-state index contributed by atoms with van der Waals surface area (Å²) in [5.74, 6) is 1.53. The van der Waals surface area contributed by atoms with E-state index in [0.717, 1.165) is 13.0 Å². The van der Waals surface area contributed by atoms with E-state index < -0.39 is 9.84 Å². The molecule has 0 rings (SSSR count). The van der Waals surface area contributed by atoms with Gasteiger partial charge < -0.3 is 5.32 Å². The molecule has 0 aliphatic carbocycles. The van der Waals surface area contributed by atoms with Gasteiger partial charge in [0.15, 0.2) is 0 Å². The Morgan fingerprint density at radius 2 is 1.69 bits per heavy atom. The van der Waals surface area contributed by atoms with Gasteiger partial charge >= 0.3 is 0 Å². The van der Waals surface area contributed by atoms with Crippen LogP contribution >= 0.6 is 0 Å². The van der Waals surface area contributed by atoms with Gasteiger partial charge in [0.05, 0.1) is 5.75 Å². The van der Waals surface area contributed by atoms with Crippen LogP contribution in [0, 0.1) is 11.8 Å². The summed E-state index contributed by atoms with van der Waals surface area (Å²) in [4.78, 5) is 0. The van der Waals surface area contributed by atoms with Gasteiger partial charge in [0.2, 0.25) is 0 Å². The third kappa shape index (κ3) is 5.85. The van der Waals surface area contributed by atoms with Crippen molar-refractivity contribution in [1.29, 1.82) is 0 Å². The maximum atomic E-state index is 11.5. The van der Waals surface area contributed by atoms with Crippen molar-refractivity contribution in [3.05, 3.63) is 0 Å². The van der Waals surface area contributed by atoms with Crippen molar-refractivity contribution in [2.45, 2.75) is 47.1 Å². The number of sulfone groups is 1. The van der Waals surface area contributed by atoms with Crippen molar-refractivity contribution in [1.82, 2.24) is 5.32 Å². The highest BCUT2D eigenvalue weighted by Gasteiger charge is 2.22. The molecule has 0 heterocycles. The van der Waals surface area contributed by atoms with Crippen LogP contribution in [-0.2, 0) is 9.84 Å². The Kier molecular flexibility index (Phi) is 7.24. The van der Waals surface area contributed by atoms with E-state index in [1.54, 1.807) is 6.92 Å². The van der Waals surface area contributed by atoms with Crippen LogP contribution in [-0.4, -0.2) is 32.5 Å². The maximum absolute atomic E-state index is 11.5. The Morgan fingerprint density at radius 1 is 1.12 bits per heavy atom. The molecule has 0 aromatic carbocycles. The average molecular weight is 249 g/mol. The zero-order valence-electron chi connectivity index (χ0n) is 11.3. The van der Waals surface area contributed by atoms with Gasteiger partial charge in [-0.25, -0.2) is 8.42 Å². The minimum Gasteiger partial charge on any atom is -0.314 e. The lowest BCUT2D eigenvalue weighted by Gasteiger charge is -2.28. The summed E-state index contributed by atoms with van der Waals surface area (Å²) in [6.45, 7) is 11.2. The van der Waals surface area contributed by atoms with E-state index in [9.17, 15) is 8.42 Å². The van der Waals surface area contributed by atoms with E-state index in [-0.39, 0.29) is 5.75 Å². The number of nitrogens with one attached hydrogen (secondary N) is 1. The van der Waals surface area contributed by atoms with Gasteiger partial charge in [0.25, 0.3) is 0 Å². The molecular weight excluding hydrogens is 222 g/mol. The van der Waals surface area contributed by atoms with Crippen molar-refractivity contribution >= 4 is 9.84 Å². The third-order valence-corrected chi connectivity index (χ3v) is 4.96. The Labute approximate surface area is 101 Å². The Hall–Kier alpha value is -0.0900.